The van der Waals surface area contributed by atoms with E-state index in [0.29, 0.717) is 11.3 Å². The highest BCUT2D eigenvalue weighted by Gasteiger charge is 2.19. The van der Waals surface area contributed by atoms with E-state index in [1.54, 1.807) is 18.2 Å². The number of aromatic nitrogens is 1. The lowest BCUT2D eigenvalue weighted by molar-refractivity contribution is 0.0939. The molecule has 2 aromatic carbocycles. The molecule has 0 saturated heterocycles. The van der Waals surface area contributed by atoms with Crippen molar-refractivity contribution in [1.82, 2.24) is 9.88 Å². The fourth-order valence-corrected chi connectivity index (χ4v) is 4.16. The summed E-state index contributed by atoms with van der Waals surface area (Å²) in [6, 6.07) is 16.8. The van der Waals surface area contributed by atoms with E-state index in [-0.39, 0.29) is 11.9 Å². The van der Waals surface area contributed by atoms with Gasteiger partial charge in [-0.1, -0.05) is 24.3 Å². The Morgan fingerprint density at radius 1 is 1.00 bits per heavy atom. The van der Waals surface area contributed by atoms with Gasteiger partial charge in [-0.3, -0.25) is 9.52 Å². The summed E-state index contributed by atoms with van der Waals surface area (Å²) in [4.78, 5) is 13.0. The van der Waals surface area contributed by atoms with Crippen LogP contribution in [-0.4, -0.2) is 25.1 Å². The Kier molecular flexibility index (Phi) is 6.03. The van der Waals surface area contributed by atoms with Crippen LogP contribution in [0.15, 0.2) is 54.6 Å². The van der Waals surface area contributed by atoms with Gasteiger partial charge < -0.3 is 9.88 Å². The number of carbonyl (C=O) groups excluding carboxylic acids is 1. The minimum absolute atomic E-state index is 0.170. The molecule has 0 spiro atoms. The number of carbonyl (C=O) groups is 1. The third-order valence-electron chi connectivity index (χ3n) is 4.97. The Labute approximate surface area is 178 Å². The van der Waals surface area contributed by atoms with Gasteiger partial charge in [0.2, 0.25) is 10.0 Å². The van der Waals surface area contributed by atoms with Crippen LogP contribution in [-0.2, 0) is 10.0 Å². The van der Waals surface area contributed by atoms with Crippen molar-refractivity contribution in [3.63, 3.8) is 0 Å². The van der Waals surface area contributed by atoms with Gasteiger partial charge >= 0.3 is 0 Å². The van der Waals surface area contributed by atoms with Gasteiger partial charge in [0.05, 0.1) is 17.9 Å². The van der Waals surface area contributed by atoms with Crippen molar-refractivity contribution in [3.8, 4) is 5.69 Å². The molecule has 1 heterocycles. The molecule has 0 fully saturated rings. The van der Waals surface area contributed by atoms with Crippen molar-refractivity contribution in [3.05, 3.63) is 82.7 Å². The average Bonchev–Trinajstić information content (AvgIpc) is 2.95. The molecule has 1 atom stereocenters. The van der Waals surface area contributed by atoms with Crippen LogP contribution in [0.2, 0.25) is 0 Å². The lowest BCUT2D eigenvalue weighted by Gasteiger charge is -2.16. The Balaban J connectivity index is 1.83. The maximum absolute atomic E-state index is 13.0. The molecule has 3 aromatic rings. The van der Waals surface area contributed by atoms with Gasteiger partial charge in [0.15, 0.2) is 0 Å². The quantitative estimate of drug-likeness (QED) is 0.619. The Morgan fingerprint density at radius 3 is 2.37 bits per heavy atom. The number of anilines is 1. The minimum Gasteiger partial charge on any atom is -0.345 e. The summed E-state index contributed by atoms with van der Waals surface area (Å²) < 4.78 is 27.5. The fraction of sp³-hybridized carbons (Fsp3) is 0.261. The molecule has 1 amide bonds. The molecule has 7 heteroatoms. The summed E-state index contributed by atoms with van der Waals surface area (Å²) in [6.45, 7) is 7.83. The maximum atomic E-state index is 13.0. The summed E-state index contributed by atoms with van der Waals surface area (Å²) in [5.41, 5.74) is 5.92. The van der Waals surface area contributed by atoms with Crippen molar-refractivity contribution >= 4 is 21.6 Å². The number of amides is 1. The second-order valence-electron chi connectivity index (χ2n) is 7.65. The number of hydrogen-bond acceptors (Lipinski definition) is 3. The lowest BCUT2D eigenvalue weighted by atomic mass is 10.1. The van der Waals surface area contributed by atoms with E-state index in [0.717, 1.165) is 34.5 Å². The molecular weight excluding hydrogens is 398 g/mol. The van der Waals surface area contributed by atoms with Crippen molar-refractivity contribution in [2.45, 2.75) is 33.7 Å². The van der Waals surface area contributed by atoms with Crippen LogP contribution in [0.5, 0.6) is 0 Å². The normalized spacial score (nSPS) is 12.4. The maximum Gasteiger partial charge on any atom is 0.253 e. The summed E-state index contributed by atoms with van der Waals surface area (Å²) in [7, 11) is -3.36. The number of benzene rings is 2. The Morgan fingerprint density at radius 2 is 1.70 bits per heavy atom. The predicted molar refractivity (Wildman–Crippen MR) is 121 cm³/mol. The van der Waals surface area contributed by atoms with Gasteiger partial charge in [-0.05, 0) is 69.2 Å². The standard InChI is InChI=1S/C23H27N3O3S/c1-15-8-6-11-21(12-15)26-16(2)13-22(18(26)4)23(27)24-17(3)19-9-7-10-20(14-19)25-30(5,28)29/h6-14,17,25H,1-5H3,(H,24,27). The SMILES string of the molecule is Cc1cccc(-n2c(C)cc(C(=O)NC(C)c3cccc(NS(C)(=O)=O)c3)c2C)c1. The van der Waals surface area contributed by atoms with Crippen molar-refractivity contribution in [1.29, 1.82) is 0 Å². The fourth-order valence-electron chi connectivity index (χ4n) is 3.60. The smallest absolute Gasteiger partial charge is 0.253 e. The minimum atomic E-state index is -3.36. The second kappa shape index (κ2) is 8.36. The van der Waals surface area contributed by atoms with Gasteiger partial charge in [-0.15, -0.1) is 0 Å². The largest absolute Gasteiger partial charge is 0.345 e. The highest BCUT2D eigenvalue weighted by atomic mass is 32.2. The van der Waals surface area contributed by atoms with E-state index in [9.17, 15) is 13.2 Å². The van der Waals surface area contributed by atoms with Gasteiger partial charge in [0.25, 0.3) is 5.91 Å². The third kappa shape index (κ3) is 4.91. The molecule has 0 aliphatic rings. The van der Waals surface area contributed by atoms with Crippen LogP contribution in [0.3, 0.4) is 0 Å². The first kappa shape index (κ1) is 21.6. The Hall–Kier alpha value is -3.06. The van der Waals surface area contributed by atoms with E-state index in [4.69, 9.17) is 0 Å². The third-order valence-corrected chi connectivity index (χ3v) is 5.58. The van der Waals surface area contributed by atoms with Gasteiger partial charge in [-0.2, -0.15) is 0 Å². The number of rotatable bonds is 6. The molecule has 3 rings (SSSR count). The molecule has 0 saturated carbocycles. The van der Waals surface area contributed by atoms with Crippen molar-refractivity contribution in [2.24, 2.45) is 0 Å². The number of nitrogens with zero attached hydrogens (tertiary/aromatic N) is 1. The molecule has 2 N–H and O–H groups in total. The van der Waals surface area contributed by atoms with Crippen LogP contribution < -0.4 is 10.0 Å². The van der Waals surface area contributed by atoms with E-state index in [1.165, 1.54) is 0 Å². The second-order valence-corrected chi connectivity index (χ2v) is 9.40. The van der Waals surface area contributed by atoms with Crippen LogP contribution in [0, 0.1) is 20.8 Å². The molecule has 0 aliphatic heterocycles. The highest BCUT2D eigenvalue weighted by Crippen LogP contribution is 2.23. The number of aryl methyl sites for hydroxylation is 2. The molecule has 1 aromatic heterocycles. The first-order valence-corrected chi connectivity index (χ1v) is 11.6. The first-order valence-electron chi connectivity index (χ1n) is 9.70. The lowest BCUT2D eigenvalue weighted by Crippen LogP contribution is -2.27. The number of hydrogen-bond donors (Lipinski definition) is 2. The predicted octanol–water partition coefficient (Wildman–Crippen LogP) is 4.27. The summed E-state index contributed by atoms with van der Waals surface area (Å²) in [6.07, 6.45) is 1.11. The molecule has 158 valence electrons. The van der Waals surface area contributed by atoms with Crippen LogP contribution in [0.4, 0.5) is 5.69 Å². The van der Waals surface area contributed by atoms with E-state index < -0.39 is 10.0 Å². The van der Waals surface area contributed by atoms with Gasteiger partial charge in [0.1, 0.15) is 0 Å². The highest BCUT2D eigenvalue weighted by molar-refractivity contribution is 7.92. The summed E-state index contributed by atoms with van der Waals surface area (Å²) in [5, 5.41) is 3.02. The molecule has 0 aliphatic carbocycles. The Bertz CT molecular complexity index is 1200. The monoisotopic (exact) mass is 425 g/mol. The summed E-state index contributed by atoms with van der Waals surface area (Å²) in [5.74, 6) is -0.170. The first-order chi connectivity index (χ1) is 14.0. The van der Waals surface area contributed by atoms with Crippen molar-refractivity contribution in [2.75, 3.05) is 11.0 Å². The summed E-state index contributed by atoms with van der Waals surface area (Å²) >= 11 is 0. The van der Waals surface area contributed by atoms with E-state index in [2.05, 4.69) is 20.7 Å². The van der Waals surface area contributed by atoms with Crippen LogP contribution >= 0.6 is 0 Å². The van der Waals surface area contributed by atoms with Crippen LogP contribution in [0.25, 0.3) is 5.69 Å². The topological polar surface area (TPSA) is 80.2 Å². The van der Waals surface area contributed by atoms with E-state index in [1.807, 2.05) is 58.0 Å². The molecule has 0 bridgehead atoms. The zero-order chi connectivity index (χ0) is 22.1. The van der Waals surface area contributed by atoms with Crippen LogP contribution in [0.1, 0.15) is 45.8 Å². The zero-order valence-electron chi connectivity index (χ0n) is 17.9. The zero-order valence-corrected chi connectivity index (χ0v) is 18.7. The number of sulfonamides is 1. The van der Waals surface area contributed by atoms with Gasteiger partial charge in [0, 0.05) is 22.8 Å². The molecule has 1 unspecified atom stereocenters. The molecule has 0 radical (unpaired) electrons. The van der Waals surface area contributed by atoms with Gasteiger partial charge in [-0.25, -0.2) is 8.42 Å². The average molecular weight is 426 g/mol. The number of nitrogens with one attached hydrogen (secondary N) is 2. The molecule has 6 nitrogen and oxygen atoms in total. The van der Waals surface area contributed by atoms with Crippen molar-refractivity contribution < 1.29 is 13.2 Å². The molecular formula is C23H27N3O3S. The van der Waals surface area contributed by atoms with E-state index >= 15 is 0 Å². The molecule has 30 heavy (non-hydrogen) atoms.